The number of nitrogens with zero attached hydrogens (tertiary/aromatic N) is 1. The third-order valence-corrected chi connectivity index (χ3v) is 4.16. The molecular formula is C13H25N3O. The van der Waals surface area contributed by atoms with Crippen LogP contribution in [-0.2, 0) is 4.79 Å². The summed E-state index contributed by atoms with van der Waals surface area (Å²) in [6, 6.07) is -0.0183. The Morgan fingerprint density at radius 1 is 1.12 bits per heavy atom. The van der Waals surface area contributed by atoms with Crippen LogP contribution < -0.4 is 11.1 Å². The average Bonchev–Trinajstić information content (AvgIpc) is 2.59. The normalized spacial score (nSPS) is 26.4. The number of nitrogens with two attached hydrogens (primary N) is 1. The van der Waals surface area contributed by atoms with Gasteiger partial charge in [0.05, 0.1) is 6.04 Å². The lowest BCUT2D eigenvalue weighted by atomic mass is 9.83. The van der Waals surface area contributed by atoms with Gasteiger partial charge in [0, 0.05) is 19.6 Å². The van der Waals surface area contributed by atoms with Crippen LogP contribution in [-0.4, -0.2) is 43.0 Å². The van der Waals surface area contributed by atoms with Gasteiger partial charge in [0.1, 0.15) is 0 Å². The fraction of sp³-hybridized carbons (Fsp3) is 0.923. The van der Waals surface area contributed by atoms with Gasteiger partial charge in [-0.1, -0.05) is 19.3 Å². The fourth-order valence-corrected chi connectivity index (χ4v) is 3.31. The number of nitrogens with one attached hydrogen (secondary N) is 1. The molecule has 0 radical (unpaired) electrons. The lowest BCUT2D eigenvalue weighted by molar-refractivity contribution is -0.125. The molecular weight excluding hydrogens is 214 g/mol. The second-order valence-electron chi connectivity index (χ2n) is 5.38. The molecule has 0 aromatic heterocycles. The molecule has 2 fully saturated rings. The lowest BCUT2D eigenvalue weighted by Gasteiger charge is -2.36. The number of amides is 1. The van der Waals surface area contributed by atoms with Crippen LogP contribution in [0.3, 0.4) is 0 Å². The molecule has 3 N–H and O–H groups in total. The first-order valence-corrected chi connectivity index (χ1v) is 7.03. The van der Waals surface area contributed by atoms with Crippen molar-refractivity contribution in [1.82, 2.24) is 10.2 Å². The third-order valence-electron chi connectivity index (χ3n) is 4.16. The molecule has 1 aliphatic heterocycles. The molecule has 2 rings (SSSR count). The summed E-state index contributed by atoms with van der Waals surface area (Å²) in [5, 5.41) is 3.38. The zero-order valence-corrected chi connectivity index (χ0v) is 10.7. The van der Waals surface area contributed by atoms with Crippen LogP contribution in [0, 0.1) is 5.92 Å². The molecule has 2 aliphatic rings. The summed E-state index contributed by atoms with van der Waals surface area (Å²) < 4.78 is 0. The highest BCUT2D eigenvalue weighted by atomic mass is 16.1. The highest BCUT2D eigenvalue weighted by Crippen LogP contribution is 2.29. The van der Waals surface area contributed by atoms with E-state index in [2.05, 4.69) is 10.2 Å². The Morgan fingerprint density at radius 3 is 2.59 bits per heavy atom. The minimum absolute atomic E-state index is 0.0183. The monoisotopic (exact) mass is 239 g/mol. The van der Waals surface area contributed by atoms with E-state index in [0.717, 1.165) is 32.6 Å². The predicted octanol–water partition coefficient (Wildman–Crippen LogP) is 0.716. The molecule has 1 atom stereocenters. The molecule has 4 nitrogen and oxygen atoms in total. The number of hydrogen-bond acceptors (Lipinski definition) is 3. The van der Waals surface area contributed by atoms with Crippen LogP contribution in [0.4, 0.5) is 0 Å². The van der Waals surface area contributed by atoms with Crippen LogP contribution in [0.15, 0.2) is 0 Å². The quantitative estimate of drug-likeness (QED) is 0.763. The number of primary amides is 1. The van der Waals surface area contributed by atoms with Gasteiger partial charge in [0.2, 0.25) is 5.91 Å². The largest absolute Gasteiger partial charge is 0.368 e. The number of carbonyl (C=O) groups excluding carboxylic acids is 1. The second-order valence-corrected chi connectivity index (χ2v) is 5.38. The van der Waals surface area contributed by atoms with Gasteiger partial charge in [-0.3, -0.25) is 9.69 Å². The van der Waals surface area contributed by atoms with E-state index in [1.54, 1.807) is 0 Å². The summed E-state index contributed by atoms with van der Waals surface area (Å²) >= 11 is 0. The van der Waals surface area contributed by atoms with Crippen molar-refractivity contribution in [3.05, 3.63) is 0 Å². The second kappa shape index (κ2) is 6.36. The van der Waals surface area contributed by atoms with Gasteiger partial charge in [0.15, 0.2) is 0 Å². The topological polar surface area (TPSA) is 58.4 Å². The van der Waals surface area contributed by atoms with Crippen molar-refractivity contribution in [2.24, 2.45) is 11.7 Å². The van der Waals surface area contributed by atoms with Crippen LogP contribution in [0.25, 0.3) is 0 Å². The summed E-state index contributed by atoms with van der Waals surface area (Å²) in [7, 11) is 0. The van der Waals surface area contributed by atoms with Gasteiger partial charge in [-0.2, -0.15) is 0 Å². The standard InChI is InChI=1S/C13H25N3O/c14-13(17)12(11-5-2-1-3-6-11)16-9-4-7-15-8-10-16/h11-12,15H,1-10H2,(H2,14,17). The SMILES string of the molecule is NC(=O)C(C1CCCCC1)N1CCCNCC1. The van der Waals surface area contributed by atoms with Gasteiger partial charge in [-0.25, -0.2) is 0 Å². The van der Waals surface area contributed by atoms with Crippen LogP contribution in [0.1, 0.15) is 38.5 Å². The fourth-order valence-electron chi connectivity index (χ4n) is 3.31. The van der Waals surface area contributed by atoms with E-state index >= 15 is 0 Å². The van der Waals surface area contributed by atoms with E-state index < -0.39 is 0 Å². The van der Waals surface area contributed by atoms with E-state index in [1.807, 2.05) is 0 Å². The van der Waals surface area contributed by atoms with E-state index in [-0.39, 0.29) is 11.9 Å². The molecule has 0 spiro atoms. The molecule has 1 aliphatic carbocycles. The first kappa shape index (κ1) is 12.8. The van der Waals surface area contributed by atoms with E-state index in [1.165, 1.54) is 32.1 Å². The first-order valence-electron chi connectivity index (χ1n) is 7.03. The molecule has 98 valence electrons. The summed E-state index contributed by atoms with van der Waals surface area (Å²) in [5.74, 6) is 0.387. The Bertz CT molecular complexity index is 243. The van der Waals surface area contributed by atoms with Crippen molar-refractivity contribution in [3.8, 4) is 0 Å². The Hall–Kier alpha value is -0.610. The summed E-state index contributed by atoms with van der Waals surface area (Å²) in [6.07, 6.45) is 7.33. The molecule has 0 aromatic carbocycles. The van der Waals surface area contributed by atoms with Gasteiger partial charge in [0.25, 0.3) is 0 Å². The summed E-state index contributed by atoms with van der Waals surface area (Å²) in [4.78, 5) is 14.1. The van der Waals surface area contributed by atoms with Crippen molar-refractivity contribution < 1.29 is 4.79 Å². The van der Waals surface area contributed by atoms with E-state index in [4.69, 9.17) is 5.73 Å². The molecule has 1 saturated carbocycles. The number of carbonyl (C=O) groups is 1. The molecule has 0 aromatic rings. The van der Waals surface area contributed by atoms with E-state index in [0.29, 0.717) is 5.92 Å². The van der Waals surface area contributed by atoms with Crippen LogP contribution >= 0.6 is 0 Å². The summed E-state index contributed by atoms with van der Waals surface area (Å²) in [5.41, 5.74) is 5.65. The predicted molar refractivity (Wildman–Crippen MR) is 68.6 cm³/mol. The molecule has 1 unspecified atom stereocenters. The summed E-state index contributed by atoms with van der Waals surface area (Å²) in [6.45, 7) is 4.02. The average molecular weight is 239 g/mol. The van der Waals surface area contributed by atoms with Crippen molar-refractivity contribution in [2.45, 2.75) is 44.6 Å². The van der Waals surface area contributed by atoms with Crippen molar-refractivity contribution in [2.75, 3.05) is 26.2 Å². The molecule has 4 heteroatoms. The van der Waals surface area contributed by atoms with Gasteiger partial charge < -0.3 is 11.1 Å². The maximum atomic E-state index is 11.8. The van der Waals surface area contributed by atoms with Crippen molar-refractivity contribution >= 4 is 5.91 Å². The molecule has 1 amide bonds. The minimum Gasteiger partial charge on any atom is -0.368 e. The third kappa shape index (κ3) is 3.42. The smallest absolute Gasteiger partial charge is 0.235 e. The molecule has 1 saturated heterocycles. The maximum absolute atomic E-state index is 11.8. The first-order chi connectivity index (χ1) is 8.29. The molecule has 17 heavy (non-hydrogen) atoms. The highest BCUT2D eigenvalue weighted by Gasteiger charge is 2.32. The Kier molecular flexibility index (Phi) is 4.80. The zero-order chi connectivity index (χ0) is 12.1. The highest BCUT2D eigenvalue weighted by molar-refractivity contribution is 5.80. The Balaban J connectivity index is 2.01. The maximum Gasteiger partial charge on any atom is 0.235 e. The van der Waals surface area contributed by atoms with Crippen molar-refractivity contribution in [1.29, 1.82) is 0 Å². The Labute approximate surface area is 104 Å². The van der Waals surface area contributed by atoms with Crippen LogP contribution in [0.2, 0.25) is 0 Å². The van der Waals surface area contributed by atoms with Gasteiger partial charge in [-0.15, -0.1) is 0 Å². The Morgan fingerprint density at radius 2 is 1.88 bits per heavy atom. The van der Waals surface area contributed by atoms with Gasteiger partial charge >= 0.3 is 0 Å². The lowest BCUT2D eigenvalue weighted by Crippen LogP contribution is -2.50. The minimum atomic E-state index is -0.112. The van der Waals surface area contributed by atoms with Crippen LogP contribution in [0.5, 0.6) is 0 Å². The number of hydrogen-bond donors (Lipinski definition) is 2. The van der Waals surface area contributed by atoms with E-state index in [9.17, 15) is 4.79 Å². The van der Waals surface area contributed by atoms with Gasteiger partial charge in [-0.05, 0) is 31.7 Å². The molecule has 0 bridgehead atoms. The number of rotatable bonds is 3. The zero-order valence-electron chi connectivity index (χ0n) is 10.7. The van der Waals surface area contributed by atoms with Crippen molar-refractivity contribution in [3.63, 3.8) is 0 Å². The molecule has 1 heterocycles.